The van der Waals surface area contributed by atoms with Crippen LogP contribution in [0.1, 0.15) is 26.3 Å². The fraction of sp³-hybridized carbons (Fsp3) is 0.0833. The molecule has 0 aliphatic rings. The van der Waals surface area contributed by atoms with Crippen LogP contribution in [-0.2, 0) is 5.41 Å². The predicted octanol–water partition coefficient (Wildman–Crippen LogP) is 13.9. The summed E-state index contributed by atoms with van der Waals surface area (Å²) in [6.45, 7) is 6.91. The quantitative estimate of drug-likeness (QED) is 0.159. The predicted molar refractivity (Wildman–Crippen MR) is 215 cm³/mol. The van der Waals surface area contributed by atoms with Gasteiger partial charge >= 0.3 is 0 Å². The summed E-state index contributed by atoms with van der Waals surface area (Å²) in [6.07, 6.45) is 0. The van der Waals surface area contributed by atoms with Gasteiger partial charge in [0.15, 0.2) is 0 Å². The Balaban J connectivity index is 1.31. The molecule has 0 spiro atoms. The van der Waals surface area contributed by atoms with Crippen molar-refractivity contribution < 1.29 is 0 Å². The van der Waals surface area contributed by atoms with Crippen LogP contribution in [0.15, 0.2) is 188 Å². The van der Waals surface area contributed by atoms with Crippen LogP contribution in [0, 0.1) is 0 Å². The van der Waals surface area contributed by atoms with Crippen molar-refractivity contribution in [2.45, 2.75) is 26.2 Å². The fourth-order valence-corrected chi connectivity index (χ4v) is 6.96. The first-order valence-corrected chi connectivity index (χ1v) is 17.4. The van der Waals surface area contributed by atoms with Gasteiger partial charge in [0.1, 0.15) is 0 Å². The highest BCUT2D eigenvalue weighted by Crippen LogP contribution is 2.45. The van der Waals surface area contributed by atoms with Crippen molar-refractivity contribution in [2.75, 3.05) is 9.80 Å². The van der Waals surface area contributed by atoms with E-state index >= 15 is 0 Å². The molecular formula is C48H40N2. The molecule has 0 heterocycles. The lowest BCUT2D eigenvalue weighted by molar-refractivity contribution is 0.591. The summed E-state index contributed by atoms with van der Waals surface area (Å²) >= 11 is 0. The molecule has 0 N–H and O–H groups in total. The molecular weight excluding hydrogens is 605 g/mol. The van der Waals surface area contributed by atoms with Crippen LogP contribution in [0.4, 0.5) is 34.1 Å². The normalized spacial score (nSPS) is 11.5. The van der Waals surface area contributed by atoms with Crippen molar-refractivity contribution in [3.05, 3.63) is 194 Å². The van der Waals surface area contributed by atoms with E-state index in [1.54, 1.807) is 0 Å². The van der Waals surface area contributed by atoms with Gasteiger partial charge < -0.3 is 9.80 Å². The number of rotatable bonds is 7. The van der Waals surface area contributed by atoms with Crippen molar-refractivity contribution in [3.63, 3.8) is 0 Å². The molecule has 242 valence electrons. The number of nitrogens with zero attached hydrogens (tertiary/aromatic N) is 2. The number of hydrogen-bond acceptors (Lipinski definition) is 2. The van der Waals surface area contributed by atoms with Crippen LogP contribution in [0.5, 0.6) is 0 Å². The van der Waals surface area contributed by atoms with Gasteiger partial charge in [-0.05, 0) is 123 Å². The van der Waals surface area contributed by atoms with Gasteiger partial charge in [-0.15, -0.1) is 0 Å². The Morgan fingerprint density at radius 3 is 1.34 bits per heavy atom. The van der Waals surface area contributed by atoms with E-state index < -0.39 is 0 Å². The molecule has 2 heteroatoms. The zero-order chi connectivity index (χ0) is 34.1. The average Bonchev–Trinajstić information content (AvgIpc) is 3.15. The second-order valence-electron chi connectivity index (χ2n) is 13.9. The van der Waals surface area contributed by atoms with E-state index in [0.29, 0.717) is 0 Å². The third kappa shape index (κ3) is 6.01. The fourth-order valence-electron chi connectivity index (χ4n) is 6.96. The molecule has 0 aliphatic heterocycles. The lowest BCUT2D eigenvalue weighted by Gasteiger charge is -2.30. The van der Waals surface area contributed by atoms with E-state index in [1.807, 2.05) is 0 Å². The molecule has 2 nitrogen and oxygen atoms in total. The zero-order valence-electron chi connectivity index (χ0n) is 28.8. The molecule has 0 unspecified atom stereocenters. The molecule has 0 atom stereocenters. The van der Waals surface area contributed by atoms with Crippen LogP contribution in [0.3, 0.4) is 0 Å². The second kappa shape index (κ2) is 13.1. The topological polar surface area (TPSA) is 6.48 Å². The number of para-hydroxylation sites is 4. The average molecular weight is 645 g/mol. The van der Waals surface area contributed by atoms with Gasteiger partial charge in [0.2, 0.25) is 0 Å². The summed E-state index contributed by atoms with van der Waals surface area (Å²) in [7, 11) is 0. The Labute approximate surface area is 295 Å². The molecule has 0 bridgehead atoms. The third-order valence-corrected chi connectivity index (χ3v) is 9.53. The number of hydrogen-bond donors (Lipinski definition) is 0. The molecule has 0 fully saturated rings. The van der Waals surface area contributed by atoms with Gasteiger partial charge in [0.25, 0.3) is 0 Å². The van der Waals surface area contributed by atoms with E-state index in [4.69, 9.17) is 0 Å². The van der Waals surface area contributed by atoms with Crippen molar-refractivity contribution in [1.82, 2.24) is 0 Å². The van der Waals surface area contributed by atoms with Crippen LogP contribution < -0.4 is 9.80 Å². The van der Waals surface area contributed by atoms with Crippen LogP contribution >= 0.6 is 0 Å². The van der Waals surface area contributed by atoms with Gasteiger partial charge in [-0.2, -0.15) is 0 Å². The van der Waals surface area contributed by atoms with E-state index in [2.05, 4.69) is 219 Å². The van der Waals surface area contributed by atoms with Crippen LogP contribution in [0.25, 0.3) is 32.7 Å². The lowest BCUT2D eigenvalue weighted by atomic mass is 9.82. The largest absolute Gasteiger partial charge is 0.311 e. The van der Waals surface area contributed by atoms with E-state index in [9.17, 15) is 0 Å². The molecule has 8 aromatic carbocycles. The molecule has 0 amide bonds. The minimum Gasteiger partial charge on any atom is -0.311 e. The first kappa shape index (κ1) is 31.2. The molecule has 8 rings (SSSR count). The Hall–Kier alpha value is -6.12. The summed E-state index contributed by atoms with van der Waals surface area (Å²) in [6, 6.07) is 67.9. The summed E-state index contributed by atoms with van der Waals surface area (Å²) in [5.41, 5.74) is 10.4. The van der Waals surface area contributed by atoms with Crippen LogP contribution in [0.2, 0.25) is 0 Å². The SMILES string of the molecule is CC(C)(C)c1cc(-c2ccccc2N(c2ccccc2)c2ccc(N(c3ccccc3)c3ccccc3)cc2)c2cc3ccccc3cc2c1. The maximum Gasteiger partial charge on any atom is 0.0540 e. The monoisotopic (exact) mass is 644 g/mol. The molecule has 0 aliphatic carbocycles. The zero-order valence-corrected chi connectivity index (χ0v) is 28.8. The van der Waals surface area contributed by atoms with Crippen molar-refractivity contribution in [1.29, 1.82) is 0 Å². The lowest BCUT2D eigenvalue weighted by Crippen LogP contribution is -2.13. The van der Waals surface area contributed by atoms with E-state index in [-0.39, 0.29) is 5.41 Å². The number of anilines is 6. The number of fused-ring (bicyclic) bond motifs is 2. The number of benzene rings is 8. The molecule has 50 heavy (non-hydrogen) atoms. The Bertz CT molecular complexity index is 2350. The molecule has 0 saturated heterocycles. The summed E-state index contributed by atoms with van der Waals surface area (Å²) in [5, 5.41) is 5.03. The minimum absolute atomic E-state index is 0.0120. The molecule has 0 aromatic heterocycles. The van der Waals surface area contributed by atoms with E-state index in [0.717, 1.165) is 34.1 Å². The highest BCUT2D eigenvalue weighted by atomic mass is 15.2. The van der Waals surface area contributed by atoms with Crippen molar-refractivity contribution in [2.24, 2.45) is 0 Å². The standard InChI is InChI=1S/C48H40N2/c1-48(2,3)38-32-37-31-35-17-13-14-18-36(35)33-45(37)46(34-38)44-25-15-16-26-47(44)50(41-23-11-6-12-24-41)43-29-27-42(28-30-43)49(39-19-7-4-8-20-39)40-21-9-5-10-22-40/h4-34H,1-3H3. The minimum atomic E-state index is -0.0120. The summed E-state index contributed by atoms with van der Waals surface area (Å²) in [5.74, 6) is 0. The van der Waals surface area contributed by atoms with Crippen molar-refractivity contribution in [3.8, 4) is 11.1 Å². The van der Waals surface area contributed by atoms with Crippen LogP contribution in [-0.4, -0.2) is 0 Å². The van der Waals surface area contributed by atoms with Crippen molar-refractivity contribution >= 4 is 55.7 Å². The van der Waals surface area contributed by atoms with Gasteiger partial charge in [-0.25, -0.2) is 0 Å². The highest BCUT2D eigenvalue weighted by Gasteiger charge is 2.22. The summed E-state index contributed by atoms with van der Waals surface area (Å²) < 4.78 is 0. The first-order chi connectivity index (χ1) is 24.4. The Morgan fingerprint density at radius 1 is 0.340 bits per heavy atom. The third-order valence-electron chi connectivity index (χ3n) is 9.53. The Morgan fingerprint density at radius 2 is 0.780 bits per heavy atom. The smallest absolute Gasteiger partial charge is 0.0540 e. The highest BCUT2D eigenvalue weighted by molar-refractivity contribution is 6.07. The van der Waals surface area contributed by atoms with Gasteiger partial charge in [0.05, 0.1) is 5.69 Å². The molecule has 0 saturated carbocycles. The summed E-state index contributed by atoms with van der Waals surface area (Å²) in [4.78, 5) is 4.70. The van der Waals surface area contributed by atoms with Gasteiger partial charge in [-0.1, -0.05) is 124 Å². The molecule has 0 radical (unpaired) electrons. The maximum absolute atomic E-state index is 2.42. The Kier molecular flexibility index (Phi) is 8.14. The molecule has 8 aromatic rings. The van der Waals surface area contributed by atoms with Gasteiger partial charge in [-0.3, -0.25) is 0 Å². The first-order valence-electron chi connectivity index (χ1n) is 17.4. The van der Waals surface area contributed by atoms with Gasteiger partial charge in [0, 0.05) is 34.0 Å². The van der Waals surface area contributed by atoms with E-state index in [1.165, 1.54) is 38.2 Å². The second-order valence-corrected chi connectivity index (χ2v) is 13.9. The maximum atomic E-state index is 2.42.